The number of fused-ring (bicyclic) bond motifs is 9. The standard InChI is InChI=1S/C24H24N2O4/c27-23(13-3-7-25-8-4-13)29-21-17-12-18(20-16-2-1-15(11-16)19(17)20)22(21)30-24(28)14-5-9-26-10-6-14/h3-10,15-22H,1-2,11-12H2. The summed E-state index contributed by atoms with van der Waals surface area (Å²) in [7, 11) is 0. The van der Waals surface area contributed by atoms with E-state index in [2.05, 4.69) is 9.97 Å². The van der Waals surface area contributed by atoms with E-state index in [0.717, 1.165) is 18.3 Å². The number of hydrogen-bond acceptors (Lipinski definition) is 6. The number of carbonyl (C=O) groups is 2. The Labute approximate surface area is 175 Å². The van der Waals surface area contributed by atoms with Crippen LogP contribution in [-0.4, -0.2) is 34.1 Å². The molecule has 0 amide bonds. The molecular weight excluding hydrogens is 380 g/mol. The molecule has 0 aliphatic heterocycles. The Hall–Kier alpha value is -2.76. The Bertz CT molecular complexity index is 888. The van der Waals surface area contributed by atoms with Crippen molar-refractivity contribution in [1.82, 2.24) is 9.97 Å². The predicted octanol–water partition coefficient (Wildman–Crippen LogP) is 3.54. The van der Waals surface area contributed by atoms with Crippen molar-refractivity contribution in [3.8, 4) is 0 Å². The summed E-state index contributed by atoms with van der Waals surface area (Å²) in [5.74, 6) is 2.56. The van der Waals surface area contributed by atoms with Crippen LogP contribution in [0, 0.1) is 35.5 Å². The van der Waals surface area contributed by atoms with Gasteiger partial charge in [-0.15, -0.1) is 0 Å². The van der Waals surface area contributed by atoms with Crippen molar-refractivity contribution in [1.29, 1.82) is 0 Å². The summed E-state index contributed by atoms with van der Waals surface area (Å²) in [6.07, 6.45) is 10.5. The van der Waals surface area contributed by atoms with Gasteiger partial charge in [0.1, 0.15) is 12.2 Å². The Morgan fingerprint density at radius 2 is 1.13 bits per heavy atom. The summed E-state index contributed by atoms with van der Waals surface area (Å²) in [5.41, 5.74) is 0.966. The number of pyridine rings is 2. The van der Waals surface area contributed by atoms with E-state index >= 15 is 0 Å². The van der Waals surface area contributed by atoms with Crippen LogP contribution in [0.25, 0.3) is 0 Å². The normalized spacial score (nSPS) is 37.7. The Kier molecular flexibility index (Phi) is 4.15. The first-order valence-corrected chi connectivity index (χ1v) is 10.9. The summed E-state index contributed by atoms with van der Waals surface area (Å²) in [6.45, 7) is 0. The highest BCUT2D eigenvalue weighted by atomic mass is 16.6. The van der Waals surface area contributed by atoms with Crippen molar-refractivity contribution in [2.45, 2.75) is 37.9 Å². The lowest BCUT2D eigenvalue weighted by Crippen LogP contribution is -2.48. The number of esters is 2. The molecule has 4 bridgehead atoms. The minimum absolute atomic E-state index is 0.288. The lowest BCUT2D eigenvalue weighted by atomic mass is 9.69. The molecule has 0 saturated heterocycles. The van der Waals surface area contributed by atoms with Crippen LogP contribution in [0.3, 0.4) is 0 Å². The van der Waals surface area contributed by atoms with Crippen LogP contribution in [0.1, 0.15) is 46.4 Å². The van der Waals surface area contributed by atoms with Gasteiger partial charge in [-0.1, -0.05) is 0 Å². The molecule has 4 aliphatic carbocycles. The average Bonchev–Trinajstić information content (AvgIpc) is 3.55. The zero-order valence-corrected chi connectivity index (χ0v) is 16.6. The van der Waals surface area contributed by atoms with E-state index in [1.54, 1.807) is 49.1 Å². The first-order chi connectivity index (χ1) is 14.7. The molecule has 6 nitrogen and oxygen atoms in total. The lowest BCUT2D eigenvalue weighted by Gasteiger charge is -2.42. The summed E-state index contributed by atoms with van der Waals surface area (Å²) >= 11 is 0. The predicted molar refractivity (Wildman–Crippen MR) is 106 cm³/mol. The highest BCUT2D eigenvalue weighted by Gasteiger charge is 2.68. The smallest absolute Gasteiger partial charge is 0.338 e. The molecule has 30 heavy (non-hydrogen) atoms. The number of hydrogen-bond donors (Lipinski definition) is 0. The van der Waals surface area contributed by atoms with Crippen molar-refractivity contribution < 1.29 is 19.1 Å². The van der Waals surface area contributed by atoms with Crippen LogP contribution in [0.15, 0.2) is 49.1 Å². The van der Waals surface area contributed by atoms with Crippen LogP contribution in [0.5, 0.6) is 0 Å². The van der Waals surface area contributed by atoms with Gasteiger partial charge in [0.25, 0.3) is 0 Å². The van der Waals surface area contributed by atoms with Crippen LogP contribution in [0.4, 0.5) is 0 Å². The van der Waals surface area contributed by atoms with Crippen LogP contribution in [0.2, 0.25) is 0 Å². The Morgan fingerprint density at radius 1 is 0.700 bits per heavy atom. The molecule has 2 heterocycles. The third-order valence-corrected chi connectivity index (χ3v) is 8.07. The highest BCUT2D eigenvalue weighted by molar-refractivity contribution is 5.90. The summed E-state index contributed by atoms with van der Waals surface area (Å²) in [5, 5.41) is 0. The third-order valence-electron chi connectivity index (χ3n) is 8.07. The SMILES string of the molecule is O=C(OC1C2CC(C1OC(=O)c1ccncc1)C1C3CCC(C3)C21)c1ccncc1. The molecular formula is C24H24N2O4. The maximum Gasteiger partial charge on any atom is 0.338 e. The molecule has 154 valence electrons. The minimum Gasteiger partial charge on any atom is -0.455 e. The van der Waals surface area contributed by atoms with Crippen LogP contribution < -0.4 is 0 Å². The van der Waals surface area contributed by atoms with Gasteiger partial charge in [0.2, 0.25) is 0 Å². The quantitative estimate of drug-likeness (QED) is 0.573. The number of nitrogens with zero attached hydrogens (tertiary/aromatic N) is 2. The molecule has 6 rings (SSSR count). The summed E-state index contributed by atoms with van der Waals surface area (Å²) in [6, 6.07) is 6.64. The van der Waals surface area contributed by atoms with Crippen molar-refractivity contribution in [2.24, 2.45) is 35.5 Å². The van der Waals surface area contributed by atoms with Crippen LogP contribution in [-0.2, 0) is 9.47 Å². The third kappa shape index (κ3) is 2.69. The molecule has 2 aromatic rings. The lowest BCUT2D eigenvalue weighted by molar-refractivity contribution is -0.0891. The maximum absolute atomic E-state index is 12.8. The monoisotopic (exact) mass is 404 g/mol. The Morgan fingerprint density at radius 3 is 1.57 bits per heavy atom. The van der Waals surface area contributed by atoms with Gasteiger partial charge in [0.15, 0.2) is 0 Å². The number of ether oxygens (including phenoxy) is 2. The van der Waals surface area contributed by atoms with Crippen LogP contribution >= 0.6 is 0 Å². The topological polar surface area (TPSA) is 78.4 Å². The largest absolute Gasteiger partial charge is 0.455 e. The van der Waals surface area contributed by atoms with E-state index in [-0.39, 0.29) is 36.0 Å². The van der Waals surface area contributed by atoms with E-state index in [0.29, 0.717) is 23.0 Å². The van der Waals surface area contributed by atoms with Gasteiger partial charge in [-0.3, -0.25) is 9.97 Å². The van der Waals surface area contributed by atoms with Crippen molar-refractivity contribution in [3.63, 3.8) is 0 Å². The summed E-state index contributed by atoms with van der Waals surface area (Å²) in [4.78, 5) is 33.6. The molecule has 4 fully saturated rings. The molecule has 0 radical (unpaired) electrons. The van der Waals surface area contributed by atoms with Gasteiger partial charge >= 0.3 is 11.9 Å². The fourth-order valence-corrected chi connectivity index (χ4v) is 7.14. The molecule has 4 saturated carbocycles. The van der Waals surface area contributed by atoms with E-state index in [1.807, 2.05) is 0 Å². The van der Waals surface area contributed by atoms with Crippen molar-refractivity contribution in [3.05, 3.63) is 60.2 Å². The number of carbonyl (C=O) groups excluding carboxylic acids is 2. The van der Waals surface area contributed by atoms with Gasteiger partial charge < -0.3 is 9.47 Å². The molecule has 0 spiro atoms. The van der Waals surface area contributed by atoms with Gasteiger partial charge in [-0.2, -0.15) is 0 Å². The van der Waals surface area contributed by atoms with Gasteiger partial charge in [0, 0.05) is 36.6 Å². The second-order valence-electron chi connectivity index (χ2n) is 9.26. The average molecular weight is 404 g/mol. The molecule has 4 aliphatic rings. The molecule has 6 heteroatoms. The van der Waals surface area contributed by atoms with Gasteiger partial charge in [-0.25, -0.2) is 9.59 Å². The minimum atomic E-state index is -0.373. The second-order valence-corrected chi connectivity index (χ2v) is 9.26. The second kappa shape index (κ2) is 6.89. The zero-order valence-electron chi connectivity index (χ0n) is 16.6. The number of rotatable bonds is 4. The summed E-state index contributed by atoms with van der Waals surface area (Å²) < 4.78 is 12.1. The number of aromatic nitrogens is 2. The zero-order chi connectivity index (χ0) is 20.2. The first-order valence-electron chi connectivity index (χ1n) is 10.9. The molecule has 8 atom stereocenters. The van der Waals surface area contributed by atoms with Gasteiger partial charge in [-0.05, 0) is 73.6 Å². The highest BCUT2D eigenvalue weighted by Crippen LogP contribution is 2.68. The van der Waals surface area contributed by atoms with E-state index in [9.17, 15) is 9.59 Å². The molecule has 2 aromatic heterocycles. The van der Waals surface area contributed by atoms with Crippen molar-refractivity contribution >= 4 is 11.9 Å². The van der Waals surface area contributed by atoms with E-state index in [1.165, 1.54) is 19.3 Å². The van der Waals surface area contributed by atoms with E-state index < -0.39 is 0 Å². The molecule has 8 unspecified atom stereocenters. The van der Waals surface area contributed by atoms with Gasteiger partial charge in [0.05, 0.1) is 11.1 Å². The molecule has 0 N–H and O–H groups in total. The molecule has 0 aromatic carbocycles. The van der Waals surface area contributed by atoms with Crippen molar-refractivity contribution in [2.75, 3.05) is 0 Å². The fourth-order valence-electron chi connectivity index (χ4n) is 7.14. The fraction of sp³-hybridized carbons (Fsp3) is 0.500. The Balaban J connectivity index is 1.28. The van der Waals surface area contributed by atoms with E-state index in [4.69, 9.17) is 9.47 Å². The first kappa shape index (κ1) is 18.0. The maximum atomic E-state index is 12.8.